The summed E-state index contributed by atoms with van der Waals surface area (Å²) in [7, 11) is 0. The van der Waals surface area contributed by atoms with Gasteiger partial charge in [-0.2, -0.15) is 10.5 Å². The zero-order valence-corrected chi connectivity index (χ0v) is 19.2. The number of rotatable bonds is 7. The molecular weight excluding hydrogens is 428 g/mol. The molecule has 0 heterocycles. The van der Waals surface area contributed by atoms with Crippen molar-refractivity contribution in [2.24, 2.45) is 0 Å². The Bertz CT molecular complexity index is 1310. The Hall–Kier alpha value is -4.75. The van der Waals surface area contributed by atoms with E-state index in [0.29, 0.717) is 34.0 Å². The van der Waals surface area contributed by atoms with Gasteiger partial charge in [0.2, 0.25) is 0 Å². The summed E-state index contributed by atoms with van der Waals surface area (Å²) in [5.41, 5.74) is 11.9. The van der Waals surface area contributed by atoms with Crippen molar-refractivity contribution in [2.45, 2.75) is 27.4 Å². The molecule has 0 aliphatic rings. The van der Waals surface area contributed by atoms with Crippen LogP contribution < -0.4 is 15.8 Å². The molecule has 0 fully saturated rings. The summed E-state index contributed by atoms with van der Waals surface area (Å²) in [6, 6.07) is 18.4. The normalized spacial score (nSPS) is 10.4. The molecule has 0 atom stereocenters. The van der Waals surface area contributed by atoms with Gasteiger partial charge in [-0.05, 0) is 79.1 Å². The Labute approximate surface area is 198 Å². The number of nitrogen functional groups attached to an aromatic ring is 1. The van der Waals surface area contributed by atoms with Gasteiger partial charge in [-0.15, -0.1) is 0 Å². The highest BCUT2D eigenvalue weighted by atomic mass is 16.5. The molecule has 34 heavy (non-hydrogen) atoms. The number of nitrogens with zero attached hydrogens (tertiary/aromatic N) is 2. The first kappa shape index (κ1) is 23.9. The van der Waals surface area contributed by atoms with E-state index in [1.165, 1.54) is 13.0 Å². The molecule has 0 unspecified atom stereocenters. The minimum absolute atomic E-state index is 0.00704. The van der Waals surface area contributed by atoms with Crippen LogP contribution in [0.2, 0.25) is 0 Å². The zero-order chi connectivity index (χ0) is 24.7. The number of allylic oxidation sites excluding steroid dienone is 1. The van der Waals surface area contributed by atoms with E-state index in [-0.39, 0.29) is 6.61 Å². The third kappa shape index (κ3) is 5.93. The SMILES string of the molecule is CC(=O)OCc1cc(N)c(Nc2ccc(C#N)cc2)cc1Oc1c(C)cc(/C=C/C#N)cc1C. The maximum Gasteiger partial charge on any atom is 0.302 e. The number of esters is 1. The maximum absolute atomic E-state index is 11.4. The van der Waals surface area contributed by atoms with Crippen molar-refractivity contribution in [1.29, 1.82) is 10.5 Å². The molecular formula is C27H24N4O3. The van der Waals surface area contributed by atoms with Gasteiger partial charge in [0.05, 0.1) is 29.1 Å². The van der Waals surface area contributed by atoms with Crippen LogP contribution in [0.5, 0.6) is 11.5 Å². The van der Waals surface area contributed by atoms with Crippen LogP contribution in [0.4, 0.5) is 17.1 Å². The van der Waals surface area contributed by atoms with Crippen LogP contribution in [-0.4, -0.2) is 5.97 Å². The van der Waals surface area contributed by atoms with Crippen LogP contribution in [0.15, 0.2) is 54.6 Å². The Morgan fingerprint density at radius 1 is 1.09 bits per heavy atom. The zero-order valence-electron chi connectivity index (χ0n) is 19.2. The van der Waals surface area contributed by atoms with Gasteiger partial charge >= 0.3 is 5.97 Å². The molecule has 7 heteroatoms. The van der Waals surface area contributed by atoms with Crippen molar-refractivity contribution in [3.8, 4) is 23.6 Å². The number of anilines is 3. The van der Waals surface area contributed by atoms with Crippen LogP contribution in [0, 0.1) is 36.5 Å². The fourth-order valence-electron chi connectivity index (χ4n) is 3.41. The van der Waals surface area contributed by atoms with E-state index in [2.05, 4.69) is 11.4 Å². The Morgan fingerprint density at radius 2 is 1.76 bits per heavy atom. The van der Waals surface area contributed by atoms with E-state index in [0.717, 1.165) is 22.4 Å². The second-order valence-electron chi connectivity index (χ2n) is 7.69. The molecule has 3 rings (SSSR count). The Morgan fingerprint density at radius 3 is 2.35 bits per heavy atom. The fraction of sp³-hybridized carbons (Fsp3) is 0.148. The highest BCUT2D eigenvalue weighted by molar-refractivity contribution is 5.76. The van der Waals surface area contributed by atoms with Gasteiger partial charge in [-0.1, -0.05) is 0 Å². The van der Waals surface area contributed by atoms with Crippen LogP contribution >= 0.6 is 0 Å². The molecule has 3 N–H and O–H groups in total. The number of hydrogen-bond acceptors (Lipinski definition) is 7. The summed E-state index contributed by atoms with van der Waals surface area (Å²) in [4.78, 5) is 11.4. The highest BCUT2D eigenvalue weighted by Crippen LogP contribution is 2.37. The van der Waals surface area contributed by atoms with Crippen molar-refractivity contribution in [2.75, 3.05) is 11.1 Å². The summed E-state index contributed by atoms with van der Waals surface area (Å²) < 4.78 is 11.5. The number of carbonyl (C=O) groups is 1. The lowest BCUT2D eigenvalue weighted by Gasteiger charge is -2.19. The number of aryl methyl sites for hydroxylation is 2. The highest BCUT2D eigenvalue weighted by Gasteiger charge is 2.15. The monoisotopic (exact) mass is 452 g/mol. The van der Waals surface area contributed by atoms with E-state index in [1.54, 1.807) is 42.5 Å². The Balaban J connectivity index is 2.00. The van der Waals surface area contributed by atoms with Gasteiger partial charge in [0, 0.05) is 30.3 Å². The predicted octanol–water partition coefficient (Wildman–Crippen LogP) is 5.89. The van der Waals surface area contributed by atoms with E-state index in [1.807, 2.05) is 32.0 Å². The van der Waals surface area contributed by atoms with E-state index < -0.39 is 5.97 Å². The lowest BCUT2D eigenvalue weighted by Crippen LogP contribution is -2.05. The van der Waals surface area contributed by atoms with Crippen LogP contribution in [-0.2, 0) is 16.1 Å². The second kappa shape index (κ2) is 10.7. The van der Waals surface area contributed by atoms with Gasteiger partial charge in [0.15, 0.2) is 0 Å². The average molecular weight is 453 g/mol. The summed E-state index contributed by atoms with van der Waals surface area (Å²) in [6.07, 6.45) is 3.16. The van der Waals surface area contributed by atoms with Crippen LogP contribution in [0.1, 0.15) is 34.7 Å². The second-order valence-corrected chi connectivity index (χ2v) is 7.69. The quantitative estimate of drug-likeness (QED) is 0.260. The number of nitrogens with two attached hydrogens (primary N) is 1. The summed E-state index contributed by atoms with van der Waals surface area (Å²) in [5, 5.41) is 21.0. The topological polar surface area (TPSA) is 121 Å². The molecule has 0 spiro atoms. The maximum atomic E-state index is 11.4. The number of ether oxygens (including phenoxy) is 2. The smallest absolute Gasteiger partial charge is 0.302 e. The molecule has 0 aliphatic heterocycles. The van der Waals surface area contributed by atoms with Gasteiger partial charge < -0.3 is 20.5 Å². The Kier molecular flexibility index (Phi) is 7.53. The first-order valence-corrected chi connectivity index (χ1v) is 10.5. The molecule has 0 aliphatic carbocycles. The molecule has 170 valence electrons. The van der Waals surface area contributed by atoms with E-state index in [9.17, 15) is 4.79 Å². The molecule has 0 amide bonds. The van der Waals surface area contributed by atoms with Gasteiger partial charge in [0.25, 0.3) is 0 Å². The third-order valence-corrected chi connectivity index (χ3v) is 5.00. The summed E-state index contributed by atoms with van der Waals surface area (Å²) >= 11 is 0. The minimum atomic E-state index is -0.412. The first-order chi connectivity index (χ1) is 16.3. The number of carbonyl (C=O) groups excluding carboxylic acids is 1. The first-order valence-electron chi connectivity index (χ1n) is 10.5. The van der Waals surface area contributed by atoms with Crippen molar-refractivity contribution in [1.82, 2.24) is 0 Å². The van der Waals surface area contributed by atoms with Crippen molar-refractivity contribution < 1.29 is 14.3 Å². The standard InChI is InChI=1S/C27H24N4O3/c1-17-11-21(5-4-10-28)12-18(2)27(17)34-26-14-25(24(30)13-22(26)16-33-19(3)32)31-23-8-6-20(15-29)7-9-23/h4-9,11-14,31H,16,30H2,1-3H3/b5-4+. The molecule has 7 nitrogen and oxygen atoms in total. The molecule has 0 saturated heterocycles. The van der Waals surface area contributed by atoms with Crippen molar-refractivity contribution in [3.05, 3.63) is 82.4 Å². The average Bonchev–Trinajstić information content (AvgIpc) is 2.81. The van der Waals surface area contributed by atoms with Crippen molar-refractivity contribution >= 4 is 29.1 Å². The third-order valence-electron chi connectivity index (χ3n) is 5.00. The largest absolute Gasteiger partial charge is 0.461 e. The van der Waals surface area contributed by atoms with Gasteiger partial charge in [0.1, 0.15) is 18.1 Å². The molecule has 3 aromatic rings. The lowest BCUT2D eigenvalue weighted by atomic mass is 10.0. The summed E-state index contributed by atoms with van der Waals surface area (Å²) in [5.74, 6) is 0.732. The molecule has 0 aromatic heterocycles. The van der Waals surface area contributed by atoms with Crippen molar-refractivity contribution in [3.63, 3.8) is 0 Å². The lowest BCUT2D eigenvalue weighted by molar-refractivity contribution is -0.142. The molecule has 3 aromatic carbocycles. The number of benzene rings is 3. The molecule has 0 saturated carbocycles. The molecule has 0 bridgehead atoms. The number of nitriles is 2. The summed E-state index contributed by atoms with van der Waals surface area (Å²) in [6.45, 7) is 5.19. The fourth-order valence-corrected chi connectivity index (χ4v) is 3.41. The van der Waals surface area contributed by atoms with Crippen LogP contribution in [0.3, 0.4) is 0 Å². The number of nitrogens with one attached hydrogen (secondary N) is 1. The van der Waals surface area contributed by atoms with Crippen LogP contribution in [0.25, 0.3) is 6.08 Å². The van der Waals surface area contributed by atoms with Gasteiger partial charge in [-0.25, -0.2) is 0 Å². The predicted molar refractivity (Wildman–Crippen MR) is 131 cm³/mol. The minimum Gasteiger partial charge on any atom is -0.461 e. The number of hydrogen-bond donors (Lipinski definition) is 2. The van der Waals surface area contributed by atoms with E-state index >= 15 is 0 Å². The van der Waals surface area contributed by atoms with E-state index in [4.69, 9.17) is 25.7 Å². The van der Waals surface area contributed by atoms with Gasteiger partial charge in [-0.3, -0.25) is 4.79 Å². The molecule has 0 radical (unpaired) electrons.